The van der Waals surface area contributed by atoms with E-state index in [0.29, 0.717) is 6.61 Å². The van der Waals surface area contributed by atoms with E-state index in [4.69, 9.17) is 9.84 Å². The van der Waals surface area contributed by atoms with E-state index in [2.05, 4.69) is 61.5 Å². The smallest absolute Gasteiger partial charge is 0.119 e. The fourth-order valence-electron chi connectivity index (χ4n) is 3.05. The molecule has 4 aromatic carbocycles. The van der Waals surface area contributed by atoms with Gasteiger partial charge in [0.1, 0.15) is 11.5 Å². The highest BCUT2D eigenvalue weighted by Crippen LogP contribution is 2.25. The van der Waals surface area contributed by atoms with E-state index in [-0.39, 0.29) is 5.75 Å². The van der Waals surface area contributed by atoms with E-state index < -0.39 is 0 Å². The van der Waals surface area contributed by atoms with E-state index in [0.717, 1.165) is 12.2 Å². The van der Waals surface area contributed by atoms with Crippen LogP contribution in [0.5, 0.6) is 11.5 Å². The highest BCUT2D eigenvalue weighted by atomic mass is 16.5. The molecular formula is C24H24O2. The molecule has 0 bridgehead atoms. The van der Waals surface area contributed by atoms with Crippen molar-refractivity contribution in [2.45, 2.75) is 20.3 Å². The van der Waals surface area contributed by atoms with Crippen LogP contribution < -0.4 is 4.74 Å². The Labute approximate surface area is 154 Å². The third kappa shape index (κ3) is 4.15. The van der Waals surface area contributed by atoms with Crippen molar-refractivity contribution in [1.82, 2.24) is 0 Å². The van der Waals surface area contributed by atoms with Crippen LogP contribution in [0.4, 0.5) is 0 Å². The van der Waals surface area contributed by atoms with Crippen molar-refractivity contribution >= 4 is 21.5 Å². The number of aryl methyl sites for hydroxylation is 1. The second-order valence-corrected chi connectivity index (χ2v) is 6.12. The average Bonchev–Trinajstić information content (AvgIpc) is 2.68. The van der Waals surface area contributed by atoms with E-state index in [1.165, 1.54) is 27.1 Å². The van der Waals surface area contributed by atoms with Crippen LogP contribution >= 0.6 is 0 Å². The molecule has 0 amide bonds. The van der Waals surface area contributed by atoms with Crippen molar-refractivity contribution < 1.29 is 9.84 Å². The zero-order valence-corrected chi connectivity index (χ0v) is 15.3. The molecule has 0 saturated carbocycles. The molecule has 0 radical (unpaired) electrons. The summed E-state index contributed by atoms with van der Waals surface area (Å²) in [6.45, 7) is 4.79. The molecule has 26 heavy (non-hydrogen) atoms. The standard InChI is InChI=1S/C16H14.C8H10O2/c1-2-12-8-5-9-15-10-13-6-3-4-7-14(13)11-16(12)15;1-2-10-8-5-3-7(9)4-6-8/h3-11H,2H2,1H3;3-6,9H,2H2,1H3. The van der Waals surface area contributed by atoms with Gasteiger partial charge in [-0.25, -0.2) is 0 Å². The van der Waals surface area contributed by atoms with E-state index in [9.17, 15) is 0 Å². The van der Waals surface area contributed by atoms with Crippen LogP contribution in [0.3, 0.4) is 0 Å². The lowest BCUT2D eigenvalue weighted by molar-refractivity contribution is 0.339. The number of hydrogen-bond acceptors (Lipinski definition) is 2. The highest BCUT2D eigenvalue weighted by Gasteiger charge is 2.00. The van der Waals surface area contributed by atoms with Crippen LogP contribution in [-0.4, -0.2) is 11.7 Å². The molecule has 4 rings (SSSR count). The highest BCUT2D eigenvalue weighted by molar-refractivity contribution is 5.99. The molecule has 0 atom stereocenters. The predicted octanol–water partition coefficient (Wildman–Crippen LogP) is 6.35. The summed E-state index contributed by atoms with van der Waals surface area (Å²) in [7, 11) is 0. The lowest BCUT2D eigenvalue weighted by Crippen LogP contribution is -1.89. The molecule has 0 aliphatic heterocycles. The van der Waals surface area contributed by atoms with Gasteiger partial charge in [-0.05, 0) is 76.9 Å². The first kappa shape index (κ1) is 17.8. The third-order valence-electron chi connectivity index (χ3n) is 4.37. The summed E-state index contributed by atoms with van der Waals surface area (Å²) in [6.07, 6.45) is 1.09. The number of benzene rings is 4. The monoisotopic (exact) mass is 344 g/mol. The van der Waals surface area contributed by atoms with Gasteiger partial charge in [-0.1, -0.05) is 49.4 Å². The van der Waals surface area contributed by atoms with Crippen molar-refractivity contribution in [3.8, 4) is 11.5 Å². The Hall–Kier alpha value is -3.00. The zero-order valence-electron chi connectivity index (χ0n) is 15.3. The van der Waals surface area contributed by atoms with Crippen molar-refractivity contribution in [1.29, 1.82) is 0 Å². The molecule has 0 fully saturated rings. The van der Waals surface area contributed by atoms with Gasteiger partial charge in [-0.2, -0.15) is 0 Å². The minimum Gasteiger partial charge on any atom is -0.508 e. The van der Waals surface area contributed by atoms with Gasteiger partial charge in [-0.15, -0.1) is 0 Å². The van der Waals surface area contributed by atoms with Crippen LogP contribution in [-0.2, 0) is 6.42 Å². The maximum Gasteiger partial charge on any atom is 0.119 e. The number of phenols is 1. The number of aromatic hydroxyl groups is 1. The van der Waals surface area contributed by atoms with Gasteiger partial charge in [0.2, 0.25) is 0 Å². The Kier molecular flexibility index (Phi) is 5.75. The molecule has 0 saturated heterocycles. The number of fused-ring (bicyclic) bond motifs is 2. The van der Waals surface area contributed by atoms with Crippen LogP contribution in [0.2, 0.25) is 0 Å². The van der Waals surface area contributed by atoms with Gasteiger partial charge in [0.25, 0.3) is 0 Å². The lowest BCUT2D eigenvalue weighted by Gasteiger charge is -2.06. The maximum atomic E-state index is 8.87. The van der Waals surface area contributed by atoms with Gasteiger partial charge in [0.05, 0.1) is 6.61 Å². The number of phenolic OH excluding ortho intramolecular Hbond substituents is 1. The van der Waals surface area contributed by atoms with Crippen molar-refractivity contribution in [2.24, 2.45) is 0 Å². The SMILES string of the molecule is CCOc1ccc(O)cc1.CCc1cccc2cc3ccccc3cc12. The van der Waals surface area contributed by atoms with Crippen LogP contribution in [0.1, 0.15) is 19.4 Å². The minimum absolute atomic E-state index is 0.267. The minimum atomic E-state index is 0.267. The molecule has 1 N–H and O–H groups in total. The molecule has 132 valence electrons. The Morgan fingerprint density at radius 3 is 2.04 bits per heavy atom. The third-order valence-corrected chi connectivity index (χ3v) is 4.37. The zero-order chi connectivity index (χ0) is 18.4. The summed E-state index contributed by atoms with van der Waals surface area (Å²) < 4.78 is 5.15. The molecule has 0 aliphatic rings. The molecule has 0 heterocycles. The fourth-order valence-corrected chi connectivity index (χ4v) is 3.05. The molecule has 2 nitrogen and oxygen atoms in total. The topological polar surface area (TPSA) is 29.5 Å². The summed E-state index contributed by atoms with van der Waals surface area (Å²) in [6, 6.07) is 26.4. The van der Waals surface area contributed by atoms with Crippen molar-refractivity contribution in [3.05, 3.63) is 84.4 Å². The van der Waals surface area contributed by atoms with E-state index in [1.54, 1.807) is 24.3 Å². The van der Waals surface area contributed by atoms with E-state index in [1.807, 2.05) is 6.92 Å². The van der Waals surface area contributed by atoms with E-state index >= 15 is 0 Å². The van der Waals surface area contributed by atoms with Gasteiger partial charge in [0, 0.05) is 0 Å². The number of hydrogen-bond donors (Lipinski definition) is 1. The number of ether oxygens (including phenoxy) is 1. The van der Waals surface area contributed by atoms with Crippen LogP contribution in [0.15, 0.2) is 78.9 Å². The largest absolute Gasteiger partial charge is 0.508 e. The Morgan fingerprint density at radius 2 is 1.38 bits per heavy atom. The molecule has 2 heteroatoms. The summed E-state index contributed by atoms with van der Waals surface area (Å²) in [5.41, 5.74) is 1.43. The Morgan fingerprint density at radius 1 is 0.731 bits per heavy atom. The predicted molar refractivity (Wildman–Crippen MR) is 110 cm³/mol. The maximum absolute atomic E-state index is 8.87. The Balaban J connectivity index is 0.000000170. The normalized spacial score (nSPS) is 10.4. The van der Waals surface area contributed by atoms with Crippen LogP contribution in [0.25, 0.3) is 21.5 Å². The summed E-state index contributed by atoms with van der Waals surface area (Å²) >= 11 is 0. The number of rotatable bonds is 3. The van der Waals surface area contributed by atoms with Gasteiger partial charge >= 0.3 is 0 Å². The van der Waals surface area contributed by atoms with Crippen molar-refractivity contribution in [3.63, 3.8) is 0 Å². The Bertz CT molecular complexity index is 988. The first-order valence-corrected chi connectivity index (χ1v) is 9.03. The van der Waals surface area contributed by atoms with Gasteiger partial charge < -0.3 is 9.84 Å². The lowest BCUT2D eigenvalue weighted by atomic mass is 9.99. The first-order valence-electron chi connectivity index (χ1n) is 9.03. The molecule has 0 aromatic heterocycles. The second kappa shape index (κ2) is 8.39. The summed E-state index contributed by atoms with van der Waals surface area (Å²) in [4.78, 5) is 0. The quantitative estimate of drug-likeness (QED) is 0.439. The molecule has 0 spiro atoms. The summed E-state index contributed by atoms with van der Waals surface area (Å²) in [5.74, 6) is 1.06. The first-order chi connectivity index (χ1) is 12.7. The van der Waals surface area contributed by atoms with Crippen molar-refractivity contribution in [2.75, 3.05) is 6.61 Å². The molecule has 0 unspecified atom stereocenters. The average molecular weight is 344 g/mol. The van der Waals surface area contributed by atoms with Gasteiger partial charge in [0.15, 0.2) is 0 Å². The van der Waals surface area contributed by atoms with Gasteiger partial charge in [-0.3, -0.25) is 0 Å². The molecule has 4 aromatic rings. The van der Waals surface area contributed by atoms with Crippen LogP contribution in [0, 0.1) is 0 Å². The molecule has 0 aliphatic carbocycles. The second-order valence-electron chi connectivity index (χ2n) is 6.12. The fraction of sp³-hybridized carbons (Fsp3) is 0.167. The summed E-state index contributed by atoms with van der Waals surface area (Å²) in [5, 5.41) is 14.3. The molecular weight excluding hydrogens is 320 g/mol.